The van der Waals surface area contributed by atoms with Gasteiger partial charge in [0.25, 0.3) is 5.91 Å². The van der Waals surface area contributed by atoms with Crippen LogP contribution < -0.4 is 15.0 Å². The molecule has 2 aromatic carbocycles. The molecule has 0 radical (unpaired) electrons. The summed E-state index contributed by atoms with van der Waals surface area (Å²) in [5.41, 5.74) is 1.73. The Hall–Kier alpha value is -3.28. The average molecular weight is 364 g/mol. The molecule has 27 heavy (non-hydrogen) atoms. The third kappa shape index (κ3) is 3.38. The standard InChI is InChI=1S/C21H20N2O4/c1-2-23(13-14-7-8-18-19(11-14)27-10-9-26-18)21(25)16-12-20(24)22-17-6-4-3-5-15(16)17/h3-8,11-12H,2,9-10,13H2,1H3,(H,22,24). The second kappa shape index (κ2) is 7.15. The van der Waals surface area contributed by atoms with Gasteiger partial charge in [0.05, 0.1) is 5.56 Å². The van der Waals surface area contributed by atoms with Crippen LogP contribution in [0.5, 0.6) is 11.5 Å². The highest BCUT2D eigenvalue weighted by Gasteiger charge is 2.19. The van der Waals surface area contributed by atoms with Crippen molar-refractivity contribution in [1.82, 2.24) is 9.88 Å². The number of ether oxygens (including phenoxy) is 2. The summed E-state index contributed by atoms with van der Waals surface area (Å²) in [6.45, 7) is 3.93. The Morgan fingerprint density at radius 2 is 1.85 bits per heavy atom. The lowest BCUT2D eigenvalue weighted by Gasteiger charge is -2.23. The van der Waals surface area contributed by atoms with Crippen molar-refractivity contribution >= 4 is 16.8 Å². The fraction of sp³-hybridized carbons (Fsp3) is 0.238. The van der Waals surface area contributed by atoms with E-state index >= 15 is 0 Å². The molecular weight excluding hydrogens is 344 g/mol. The molecule has 2 heterocycles. The summed E-state index contributed by atoms with van der Waals surface area (Å²) >= 11 is 0. The highest BCUT2D eigenvalue weighted by atomic mass is 16.6. The molecule has 1 N–H and O–H groups in total. The van der Waals surface area contributed by atoms with Crippen LogP contribution in [-0.2, 0) is 6.54 Å². The second-order valence-corrected chi connectivity index (χ2v) is 6.39. The minimum atomic E-state index is -0.285. The molecule has 0 aliphatic carbocycles. The van der Waals surface area contributed by atoms with Gasteiger partial charge in [-0.15, -0.1) is 0 Å². The highest BCUT2D eigenvalue weighted by Crippen LogP contribution is 2.31. The topological polar surface area (TPSA) is 71.6 Å². The molecule has 4 rings (SSSR count). The highest BCUT2D eigenvalue weighted by molar-refractivity contribution is 6.05. The number of aromatic amines is 1. The molecule has 0 spiro atoms. The molecule has 0 saturated carbocycles. The van der Waals surface area contributed by atoms with Crippen LogP contribution in [0.25, 0.3) is 10.9 Å². The van der Waals surface area contributed by atoms with E-state index in [1.807, 2.05) is 43.3 Å². The summed E-state index contributed by atoms with van der Waals surface area (Å²) in [6, 6.07) is 14.4. The zero-order chi connectivity index (χ0) is 18.8. The number of H-pyrrole nitrogens is 1. The lowest BCUT2D eigenvalue weighted by Crippen LogP contribution is -2.31. The van der Waals surface area contributed by atoms with Crippen molar-refractivity contribution < 1.29 is 14.3 Å². The number of carbonyl (C=O) groups excluding carboxylic acids is 1. The molecule has 0 fully saturated rings. The number of para-hydroxylation sites is 1. The molecule has 0 unspecified atom stereocenters. The van der Waals surface area contributed by atoms with Gasteiger partial charge in [-0.2, -0.15) is 0 Å². The van der Waals surface area contributed by atoms with Gasteiger partial charge in [0.2, 0.25) is 5.56 Å². The van der Waals surface area contributed by atoms with Gasteiger partial charge in [-0.1, -0.05) is 24.3 Å². The Morgan fingerprint density at radius 1 is 1.07 bits per heavy atom. The van der Waals surface area contributed by atoms with Crippen LogP contribution in [0.1, 0.15) is 22.8 Å². The average Bonchev–Trinajstić information content (AvgIpc) is 2.70. The molecule has 1 aliphatic rings. The van der Waals surface area contributed by atoms with Crippen molar-refractivity contribution in [2.45, 2.75) is 13.5 Å². The van der Waals surface area contributed by atoms with Gasteiger partial charge in [-0.3, -0.25) is 9.59 Å². The van der Waals surface area contributed by atoms with E-state index in [1.54, 1.807) is 11.0 Å². The summed E-state index contributed by atoms with van der Waals surface area (Å²) < 4.78 is 11.2. The van der Waals surface area contributed by atoms with E-state index in [1.165, 1.54) is 6.07 Å². The van der Waals surface area contributed by atoms with E-state index in [0.29, 0.717) is 43.1 Å². The zero-order valence-corrected chi connectivity index (χ0v) is 15.0. The third-order valence-electron chi connectivity index (χ3n) is 4.63. The van der Waals surface area contributed by atoms with Crippen LogP contribution >= 0.6 is 0 Å². The van der Waals surface area contributed by atoms with E-state index in [9.17, 15) is 9.59 Å². The van der Waals surface area contributed by atoms with E-state index in [-0.39, 0.29) is 11.5 Å². The minimum Gasteiger partial charge on any atom is -0.486 e. The van der Waals surface area contributed by atoms with Crippen LogP contribution in [0.3, 0.4) is 0 Å². The molecule has 1 amide bonds. The maximum Gasteiger partial charge on any atom is 0.255 e. The van der Waals surface area contributed by atoms with Crippen LogP contribution in [0, 0.1) is 0 Å². The molecule has 138 valence electrons. The van der Waals surface area contributed by atoms with Gasteiger partial charge in [0.1, 0.15) is 13.2 Å². The summed E-state index contributed by atoms with van der Waals surface area (Å²) in [7, 11) is 0. The summed E-state index contributed by atoms with van der Waals surface area (Å²) in [6.07, 6.45) is 0. The maximum absolute atomic E-state index is 13.2. The van der Waals surface area contributed by atoms with Gasteiger partial charge < -0.3 is 19.4 Å². The Labute approximate surface area is 156 Å². The number of hydrogen-bond acceptors (Lipinski definition) is 4. The van der Waals surface area contributed by atoms with E-state index in [0.717, 1.165) is 16.7 Å². The van der Waals surface area contributed by atoms with Gasteiger partial charge in [0, 0.05) is 30.1 Å². The predicted molar refractivity (Wildman–Crippen MR) is 102 cm³/mol. The van der Waals surface area contributed by atoms with E-state index < -0.39 is 0 Å². The normalized spacial score (nSPS) is 12.8. The number of nitrogens with zero attached hydrogens (tertiary/aromatic N) is 1. The molecule has 1 aromatic heterocycles. The molecule has 0 atom stereocenters. The van der Waals surface area contributed by atoms with E-state index in [4.69, 9.17) is 9.47 Å². The van der Waals surface area contributed by atoms with Gasteiger partial charge in [-0.05, 0) is 30.7 Å². The Kier molecular flexibility index (Phi) is 4.54. The smallest absolute Gasteiger partial charge is 0.255 e. The van der Waals surface area contributed by atoms with Gasteiger partial charge >= 0.3 is 0 Å². The Bertz CT molecular complexity index is 1060. The summed E-state index contributed by atoms with van der Waals surface area (Å²) in [4.78, 5) is 29.6. The summed E-state index contributed by atoms with van der Waals surface area (Å²) in [5.74, 6) is 1.25. The molecule has 1 aliphatic heterocycles. The fourth-order valence-corrected chi connectivity index (χ4v) is 3.29. The summed E-state index contributed by atoms with van der Waals surface area (Å²) in [5, 5.41) is 0.739. The lowest BCUT2D eigenvalue weighted by molar-refractivity contribution is 0.0754. The molecular formula is C21H20N2O4. The number of aromatic nitrogens is 1. The molecule has 6 nitrogen and oxygen atoms in total. The van der Waals surface area contributed by atoms with Crippen LogP contribution in [0.4, 0.5) is 0 Å². The Morgan fingerprint density at radius 3 is 2.67 bits per heavy atom. The van der Waals surface area contributed by atoms with E-state index in [2.05, 4.69) is 4.98 Å². The first-order valence-corrected chi connectivity index (χ1v) is 8.95. The van der Waals surface area contributed by atoms with Crippen molar-refractivity contribution in [2.24, 2.45) is 0 Å². The molecule has 0 saturated heterocycles. The van der Waals surface area contributed by atoms with Gasteiger partial charge in [0.15, 0.2) is 11.5 Å². The van der Waals surface area contributed by atoms with Crippen molar-refractivity contribution in [3.63, 3.8) is 0 Å². The predicted octanol–water partition coefficient (Wildman–Crippen LogP) is 2.96. The number of fused-ring (bicyclic) bond motifs is 2. The molecule has 6 heteroatoms. The quantitative estimate of drug-likeness (QED) is 0.773. The Balaban J connectivity index is 1.65. The third-order valence-corrected chi connectivity index (χ3v) is 4.63. The first-order valence-electron chi connectivity index (χ1n) is 8.95. The lowest BCUT2D eigenvalue weighted by atomic mass is 10.1. The monoisotopic (exact) mass is 364 g/mol. The maximum atomic E-state index is 13.2. The number of benzene rings is 2. The number of rotatable bonds is 4. The van der Waals surface area contributed by atoms with Crippen molar-refractivity contribution in [3.05, 3.63) is 70.0 Å². The second-order valence-electron chi connectivity index (χ2n) is 6.39. The van der Waals surface area contributed by atoms with Crippen LogP contribution in [-0.4, -0.2) is 35.5 Å². The first-order chi connectivity index (χ1) is 13.2. The number of hydrogen-bond donors (Lipinski definition) is 1. The van der Waals surface area contributed by atoms with Crippen LogP contribution in [0.2, 0.25) is 0 Å². The number of nitrogens with one attached hydrogen (secondary N) is 1. The largest absolute Gasteiger partial charge is 0.486 e. The van der Waals surface area contributed by atoms with Crippen LogP contribution in [0.15, 0.2) is 53.3 Å². The number of carbonyl (C=O) groups is 1. The van der Waals surface area contributed by atoms with Crippen molar-refractivity contribution in [1.29, 1.82) is 0 Å². The number of amides is 1. The number of pyridine rings is 1. The minimum absolute atomic E-state index is 0.172. The SMILES string of the molecule is CCN(Cc1ccc2c(c1)OCCO2)C(=O)c1cc(=O)[nH]c2ccccc12. The fourth-order valence-electron chi connectivity index (χ4n) is 3.29. The van der Waals surface area contributed by atoms with Crippen molar-refractivity contribution in [2.75, 3.05) is 19.8 Å². The zero-order valence-electron chi connectivity index (χ0n) is 15.0. The first kappa shape index (κ1) is 17.1. The molecule has 3 aromatic rings. The van der Waals surface area contributed by atoms with Crippen molar-refractivity contribution in [3.8, 4) is 11.5 Å². The molecule has 0 bridgehead atoms. The van der Waals surface area contributed by atoms with Gasteiger partial charge in [-0.25, -0.2) is 0 Å².